The van der Waals surface area contributed by atoms with Crippen LogP contribution < -0.4 is 4.74 Å². The summed E-state index contributed by atoms with van der Waals surface area (Å²) < 4.78 is 41.9. The van der Waals surface area contributed by atoms with Crippen LogP contribution in [-0.2, 0) is 11.5 Å². The predicted octanol–water partition coefficient (Wildman–Crippen LogP) is 3.00. The van der Waals surface area contributed by atoms with Gasteiger partial charge in [-0.2, -0.15) is 13.2 Å². The van der Waals surface area contributed by atoms with Gasteiger partial charge < -0.3 is 4.74 Å². The third-order valence-corrected chi connectivity index (χ3v) is 2.21. The van der Waals surface area contributed by atoms with E-state index >= 15 is 0 Å². The molecule has 0 aromatic carbocycles. The van der Waals surface area contributed by atoms with Crippen molar-refractivity contribution in [2.24, 2.45) is 0 Å². The first-order valence-electron chi connectivity index (χ1n) is 3.65. The second-order valence-electron chi connectivity index (χ2n) is 2.48. The summed E-state index contributed by atoms with van der Waals surface area (Å²) in [5.74, 6) is -0.225. The first kappa shape index (κ1) is 11.3. The van der Waals surface area contributed by atoms with Gasteiger partial charge in [-0.1, -0.05) is 15.9 Å². The number of ether oxygens (including phenoxy) is 1. The maximum Gasteiger partial charge on any atom is 0.437 e. The molecular formula is C8H7BrF3NO. The Bertz CT molecular complexity index is 327. The Kier molecular flexibility index (Phi) is 3.36. The van der Waals surface area contributed by atoms with Crippen molar-refractivity contribution >= 4 is 15.9 Å². The molecule has 0 aliphatic heterocycles. The number of nitrogens with zero attached hydrogens (tertiary/aromatic N) is 1. The second-order valence-corrected chi connectivity index (χ2v) is 3.04. The first-order chi connectivity index (χ1) is 6.50. The van der Waals surface area contributed by atoms with E-state index in [1.165, 1.54) is 13.2 Å². The van der Waals surface area contributed by atoms with Crippen molar-refractivity contribution in [3.8, 4) is 5.75 Å². The van der Waals surface area contributed by atoms with Crippen LogP contribution in [0.3, 0.4) is 0 Å². The van der Waals surface area contributed by atoms with Crippen molar-refractivity contribution in [2.75, 3.05) is 7.11 Å². The molecule has 0 saturated heterocycles. The molecule has 0 aliphatic carbocycles. The van der Waals surface area contributed by atoms with Crippen LogP contribution >= 0.6 is 15.9 Å². The Labute approximate surface area is 87.2 Å². The lowest BCUT2D eigenvalue weighted by Crippen LogP contribution is -2.11. The normalized spacial score (nSPS) is 11.5. The predicted molar refractivity (Wildman–Crippen MR) is 48.4 cm³/mol. The highest BCUT2D eigenvalue weighted by atomic mass is 79.9. The molecule has 1 aromatic heterocycles. The van der Waals surface area contributed by atoms with E-state index in [0.29, 0.717) is 10.9 Å². The highest BCUT2D eigenvalue weighted by Gasteiger charge is 2.37. The summed E-state index contributed by atoms with van der Waals surface area (Å²) in [6.07, 6.45) is -3.37. The van der Waals surface area contributed by atoms with Gasteiger partial charge >= 0.3 is 6.18 Å². The van der Waals surface area contributed by atoms with Crippen LogP contribution in [0.1, 0.15) is 11.3 Å². The van der Waals surface area contributed by atoms with Crippen LogP contribution in [0, 0.1) is 0 Å². The van der Waals surface area contributed by atoms with Gasteiger partial charge in [-0.05, 0) is 6.07 Å². The monoisotopic (exact) mass is 269 g/mol. The lowest BCUT2D eigenvalue weighted by Gasteiger charge is -2.12. The van der Waals surface area contributed by atoms with E-state index in [2.05, 4.69) is 25.7 Å². The maximum atomic E-state index is 12.4. The molecule has 14 heavy (non-hydrogen) atoms. The maximum absolute atomic E-state index is 12.4. The molecule has 0 unspecified atom stereocenters. The molecule has 0 amide bonds. The summed E-state index contributed by atoms with van der Waals surface area (Å²) >= 11 is 3.07. The molecule has 1 aromatic rings. The van der Waals surface area contributed by atoms with Crippen molar-refractivity contribution in [3.05, 3.63) is 23.5 Å². The van der Waals surface area contributed by atoms with E-state index < -0.39 is 11.9 Å². The van der Waals surface area contributed by atoms with Gasteiger partial charge in [0.1, 0.15) is 0 Å². The Morgan fingerprint density at radius 1 is 1.50 bits per heavy atom. The summed E-state index contributed by atoms with van der Waals surface area (Å²) in [6, 6.07) is 1.48. The van der Waals surface area contributed by atoms with E-state index in [9.17, 15) is 13.2 Å². The van der Waals surface area contributed by atoms with E-state index in [1.807, 2.05) is 0 Å². The average molecular weight is 270 g/mol. The van der Waals surface area contributed by atoms with E-state index in [-0.39, 0.29) is 5.75 Å². The second kappa shape index (κ2) is 4.16. The van der Waals surface area contributed by atoms with Crippen molar-refractivity contribution in [1.82, 2.24) is 4.98 Å². The van der Waals surface area contributed by atoms with Crippen LogP contribution in [0.2, 0.25) is 0 Å². The fraction of sp³-hybridized carbons (Fsp3) is 0.375. The van der Waals surface area contributed by atoms with Crippen LogP contribution in [0.25, 0.3) is 0 Å². The van der Waals surface area contributed by atoms with E-state index in [0.717, 1.165) is 6.20 Å². The third kappa shape index (κ3) is 2.17. The van der Waals surface area contributed by atoms with Gasteiger partial charge in [0, 0.05) is 17.1 Å². The molecule has 78 valence electrons. The zero-order chi connectivity index (χ0) is 10.8. The van der Waals surface area contributed by atoms with Gasteiger partial charge in [-0.25, -0.2) is 4.98 Å². The fourth-order valence-corrected chi connectivity index (χ4v) is 1.46. The van der Waals surface area contributed by atoms with Crippen molar-refractivity contribution in [2.45, 2.75) is 11.5 Å². The minimum atomic E-state index is -4.48. The van der Waals surface area contributed by atoms with Gasteiger partial charge in [0.15, 0.2) is 11.4 Å². The Balaban J connectivity index is 3.29. The topological polar surface area (TPSA) is 22.1 Å². The van der Waals surface area contributed by atoms with Gasteiger partial charge in [0.2, 0.25) is 0 Å². The molecule has 0 saturated carbocycles. The van der Waals surface area contributed by atoms with Gasteiger partial charge in [-0.3, -0.25) is 0 Å². The molecule has 0 bridgehead atoms. The molecular weight excluding hydrogens is 263 g/mol. The highest BCUT2D eigenvalue weighted by Crippen LogP contribution is 2.36. The summed E-state index contributed by atoms with van der Waals surface area (Å²) in [5, 5.41) is 0.293. The smallest absolute Gasteiger partial charge is 0.437 e. The van der Waals surface area contributed by atoms with E-state index in [1.54, 1.807) is 0 Å². The molecule has 2 nitrogen and oxygen atoms in total. The Morgan fingerprint density at radius 2 is 2.14 bits per heavy atom. The van der Waals surface area contributed by atoms with Gasteiger partial charge in [0.05, 0.1) is 7.11 Å². The summed E-state index contributed by atoms with van der Waals surface area (Å²) in [4.78, 5) is 3.26. The number of hydrogen-bond acceptors (Lipinski definition) is 2. The van der Waals surface area contributed by atoms with Crippen LogP contribution in [0.15, 0.2) is 12.3 Å². The SMILES string of the molecule is COc1c(CBr)ccnc1C(F)(F)F. The van der Waals surface area contributed by atoms with Crippen molar-refractivity contribution in [1.29, 1.82) is 0 Å². The largest absolute Gasteiger partial charge is 0.494 e. The Morgan fingerprint density at radius 3 is 2.57 bits per heavy atom. The van der Waals surface area contributed by atoms with Crippen LogP contribution in [0.5, 0.6) is 5.75 Å². The van der Waals surface area contributed by atoms with E-state index in [4.69, 9.17) is 0 Å². The number of halogens is 4. The standard InChI is InChI=1S/C8H7BrF3NO/c1-14-6-5(4-9)2-3-13-7(6)8(10,11)12/h2-3H,4H2,1H3. The summed E-state index contributed by atoms with van der Waals surface area (Å²) in [5.41, 5.74) is -0.563. The van der Waals surface area contributed by atoms with Crippen LogP contribution in [-0.4, -0.2) is 12.1 Å². The van der Waals surface area contributed by atoms with Gasteiger partial charge in [0.25, 0.3) is 0 Å². The molecule has 0 fully saturated rings. The molecule has 0 atom stereocenters. The number of hydrogen-bond donors (Lipinski definition) is 0. The number of rotatable bonds is 2. The minimum absolute atomic E-state index is 0.225. The molecule has 1 heterocycles. The third-order valence-electron chi connectivity index (χ3n) is 1.60. The molecule has 0 aliphatic rings. The highest BCUT2D eigenvalue weighted by molar-refractivity contribution is 9.08. The molecule has 0 N–H and O–H groups in total. The summed E-state index contributed by atoms with van der Waals surface area (Å²) in [6.45, 7) is 0. The lowest BCUT2D eigenvalue weighted by molar-refractivity contribution is -0.142. The number of alkyl halides is 4. The molecule has 1 rings (SSSR count). The van der Waals surface area contributed by atoms with Crippen molar-refractivity contribution < 1.29 is 17.9 Å². The van der Waals surface area contributed by atoms with Crippen LogP contribution in [0.4, 0.5) is 13.2 Å². The fourth-order valence-electron chi connectivity index (χ4n) is 1.02. The average Bonchev–Trinajstić information content (AvgIpc) is 2.15. The quantitative estimate of drug-likeness (QED) is 0.771. The molecule has 0 radical (unpaired) electrons. The first-order valence-corrected chi connectivity index (χ1v) is 4.78. The van der Waals surface area contributed by atoms with Crippen molar-refractivity contribution in [3.63, 3.8) is 0 Å². The number of methoxy groups -OCH3 is 1. The van der Waals surface area contributed by atoms with Gasteiger partial charge in [-0.15, -0.1) is 0 Å². The minimum Gasteiger partial charge on any atom is -0.494 e. The Hall–Kier alpha value is -0.780. The summed E-state index contributed by atoms with van der Waals surface area (Å²) in [7, 11) is 1.19. The molecule has 6 heteroatoms. The zero-order valence-electron chi connectivity index (χ0n) is 7.23. The lowest BCUT2D eigenvalue weighted by atomic mass is 10.2. The molecule has 0 spiro atoms. The zero-order valence-corrected chi connectivity index (χ0v) is 8.82. The number of aromatic nitrogens is 1. The number of pyridine rings is 1.